The van der Waals surface area contributed by atoms with E-state index in [9.17, 15) is 0 Å². The molecule has 0 heterocycles. The van der Waals surface area contributed by atoms with Gasteiger partial charge in [0.15, 0.2) is 0 Å². The van der Waals surface area contributed by atoms with Crippen LogP contribution in [0, 0.1) is 0 Å². The van der Waals surface area contributed by atoms with Gasteiger partial charge in [-0.2, -0.15) is 0 Å². The first kappa shape index (κ1) is 16.0. The van der Waals surface area contributed by atoms with Crippen LogP contribution in [0.4, 0.5) is 0 Å². The molecule has 1 atom stereocenters. The molecule has 3 aromatic carbocycles. The number of allylic oxidation sites excluding steroid dienone is 6. The summed E-state index contributed by atoms with van der Waals surface area (Å²) >= 11 is 0. The van der Waals surface area contributed by atoms with Crippen LogP contribution in [0.15, 0.2) is 103 Å². The Morgan fingerprint density at radius 2 is 1.07 bits per heavy atom. The largest absolute Gasteiger partial charge is 0.0854 e. The molecule has 0 aliphatic heterocycles. The highest BCUT2D eigenvalue weighted by atomic mass is 14.5. The van der Waals surface area contributed by atoms with Crippen molar-refractivity contribution < 1.29 is 0 Å². The molecule has 3 aromatic rings. The van der Waals surface area contributed by atoms with Crippen molar-refractivity contribution in [3.05, 3.63) is 125 Å². The van der Waals surface area contributed by atoms with Crippen LogP contribution in [-0.4, -0.2) is 7.85 Å². The van der Waals surface area contributed by atoms with E-state index in [2.05, 4.69) is 104 Å². The zero-order valence-electron chi connectivity index (χ0n) is 15.8. The molecule has 28 heavy (non-hydrogen) atoms. The predicted molar refractivity (Wildman–Crippen MR) is 118 cm³/mol. The van der Waals surface area contributed by atoms with E-state index in [1.165, 1.54) is 44.5 Å². The summed E-state index contributed by atoms with van der Waals surface area (Å²) in [4.78, 5) is 0. The van der Waals surface area contributed by atoms with Gasteiger partial charge in [-0.3, -0.25) is 0 Å². The van der Waals surface area contributed by atoms with Gasteiger partial charge >= 0.3 is 0 Å². The lowest BCUT2D eigenvalue weighted by Gasteiger charge is -2.31. The topological polar surface area (TPSA) is 0 Å². The smallest absolute Gasteiger partial charge is 0.0833 e. The third-order valence-electron chi connectivity index (χ3n) is 6.49. The zero-order chi connectivity index (χ0) is 18.9. The maximum absolute atomic E-state index is 6.48. The summed E-state index contributed by atoms with van der Waals surface area (Å²) in [6, 6.07) is 26.6. The highest BCUT2D eigenvalue weighted by Gasteiger charge is 2.51. The summed E-state index contributed by atoms with van der Waals surface area (Å²) in [6.07, 6.45) is 8.76. The quantitative estimate of drug-likeness (QED) is 0.419. The molecule has 3 aliphatic rings. The van der Waals surface area contributed by atoms with Gasteiger partial charge in [0.1, 0.15) is 0 Å². The summed E-state index contributed by atoms with van der Waals surface area (Å²) in [6.45, 7) is 2.05. The summed E-state index contributed by atoms with van der Waals surface area (Å²) in [7, 11) is 6.48. The SMILES string of the molecule is [B]C1(C)C=CC2=C(C=C1)C1(c3ccccc32)c2ccccc2-c2ccccc21. The lowest BCUT2D eigenvalue weighted by Crippen LogP contribution is -2.26. The van der Waals surface area contributed by atoms with Gasteiger partial charge in [-0.25, -0.2) is 0 Å². The highest BCUT2D eigenvalue weighted by Crippen LogP contribution is 2.62. The second-order valence-electron chi connectivity index (χ2n) is 8.25. The van der Waals surface area contributed by atoms with Crippen LogP contribution in [-0.2, 0) is 5.41 Å². The average Bonchev–Trinajstić information content (AvgIpc) is 3.11. The van der Waals surface area contributed by atoms with Crippen LogP contribution in [0.3, 0.4) is 0 Å². The van der Waals surface area contributed by atoms with E-state index in [4.69, 9.17) is 7.85 Å². The molecule has 1 unspecified atom stereocenters. The minimum absolute atomic E-state index is 0.277. The summed E-state index contributed by atoms with van der Waals surface area (Å²) in [5, 5.41) is -0.446. The average molecular weight is 354 g/mol. The molecule has 0 amide bonds. The van der Waals surface area contributed by atoms with Crippen LogP contribution in [0.25, 0.3) is 16.7 Å². The monoisotopic (exact) mass is 354 g/mol. The molecule has 0 saturated carbocycles. The van der Waals surface area contributed by atoms with Crippen molar-refractivity contribution >= 4 is 13.4 Å². The van der Waals surface area contributed by atoms with Crippen molar-refractivity contribution in [2.45, 2.75) is 17.7 Å². The zero-order valence-corrected chi connectivity index (χ0v) is 15.8. The first-order valence-corrected chi connectivity index (χ1v) is 9.84. The van der Waals surface area contributed by atoms with Crippen molar-refractivity contribution in [1.29, 1.82) is 0 Å². The van der Waals surface area contributed by atoms with E-state index in [0.29, 0.717) is 0 Å². The Morgan fingerprint density at radius 3 is 1.68 bits per heavy atom. The number of benzene rings is 3. The van der Waals surface area contributed by atoms with Crippen LogP contribution < -0.4 is 0 Å². The normalized spacial score (nSPS) is 22.6. The number of hydrogen-bond donors (Lipinski definition) is 0. The minimum atomic E-state index is -0.446. The number of fused-ring (bicyclic) bond motifs is 9. The summed E-state index contributed by atoms with van der Waals surface area (Å²) in [5.41, 5.74) is 10.4. The summed E-state index contributed by atoms with van der Waals surface area (Å²) < 4.78 is 0. The van der Waals surface area contributed by atoms with Gasteiger partial charge in [-0.15, -0.1) is 0 Å². The molecular formula is C27H19B. The molecule has 1 heteroatoms. The van der Waals surface area contributed by atoms with Gasteiger partial charge in [-0.1, -0.05) is 104 Å². The van der Waals surface area contributed by atoms with E-state index in [1.807, 2.05) is 0 Å². The van der Waals surface area contributed by atoms with E-state index < -0.39 is 5.31 Å². The molecule has 0 bridgehead atoms. The molecule has 1 spiro atoms. The fraction of sp³-hybridized carbons (Fsp3) is 0.111. The Hall–Kier alpha value is -3.06. The first-order valence-electron chi connectivity index (χ1n) is 9.84. The lowest BCUT2D eigenvalue weighted by atomic mass is 9.67. The van der Waals surface area contributed by atoms with Crippen molar-refractivity contribution in [3.8, 4) is 11.1 Å². The van der Waals surface area contributed by atoms with E-state index in [-0.39, 0.29) is 5.41 Å². The molecule has 0 N–H and O–H groups in total. The number of hydrogen-bond acceptors (Lipinski definition) is 0. The Balaban J connectivity index is 1.81. The second kappa shape index (κ2) is 5.26. The van der Waals surface area contributed by atoms with E-state index in [0.717, 1.165) is 0 Å². The summed E-state index contributed by atoms with van der Waals surface area (Å²) in [5.74, 6) is 0. The minimum Gasteiger partial charge on any atom is -0.0833 e. The van der Waals surface area contributed by atoms with Gasteiger partial charge in [-0.05, 0) is 49.8 Å². The van der Waals surface area contributed by atoms with Gasteiger partial charge in [0, 0.05) is 0 Å². The molecule has 130 valence electrons. The Morgan fingerprint density at radius 1 is 0.607 bits per heavy atom. The third kappa shape index (κ3) is 1.82. The molecule has 3 aliphatic carbocycles. The van der Waals surface area contributed by atoms with Crippen molar-refractivity contribution in [1.82, 2.24) is 0 Å². The Labute approximate surface area is 167 Å². The number of rotatable bonds is 0. The second-order valence-corrected chi connectivity index (χ2v) is 8.25. The molecule has 0 fully saturated rings. The fourth-order valence-corrected chi connectivity index (χ4v) is 5.33. The molecule has 0 saturated heterocycles. The lowest BCUT2D eigenvalue weighted by molar-refractivity contribution is 0.784. The first-order chi connectivity index (χ1) is 13.6. The van der Waals surface area contributed by atoms with Crippen LogP contribution >= 0.6 is 0 Å². The molecule has 6 rings (SSSR count). The molecule has 0 aromatic heterocycles. The predicted octanol–water partition coefficient (Wildman–Crippen LogP) is 6.24. The molecule has 0 nitrogen and oxygen atoms in total. The fourth-order valence-electron chi connectivity index (χ4n) is 5.33. The van der Waals surface area contributed by atoms with E-state index >= 15 is 0 Å². The maximum Gasteiger partial charge on any atom is 0.0854 e. The molecular weight excluding hydrogens is 335 g/mol. The van der Waals surface area contributed by atoms with Crippen molar-refractivity contribution in [3.63, 3.8) is 0 Å². The van der Waals surface area contributed by atoms with Crippen LogP contribution in [0.1, 0.15) is 29.2 Å². The Kier molecular flexibility index (Phi) is 3.00. The van der Waals surface area contributed by atoms with Gasteiger partial charge in [0.25, 0.3) is 0 Å². The van der Waals surface area contributed by atoms with Crippen molar-refractivity contribution in [2.24, 2.45) is 0 Å². The van der Waals surface area contributed by atoms with Crippen LogP contribution in [0.2, 0.25) is 5.31 Å². The van der Waals surface area contributed by atoms with Crippen LogP contribution in [0.5, 0.6) is 0 Å². The standard InChI is InChI=1S/C27H19B/c1-26(28)16-14-21-20-10-4-7-13-24(20)27(25(21)15-17-26)22-11-5-2-8-18(22)19-9-3-6-12-23(19)27/h2-17H,1H3. The maximum atomic E-state index is 6.48. The van der Waals surface area contributed by atoms with Gasteiger partial charge in [0.2, 0.25) is 0 Å². The Bertz CT molecular complexity index is 1190. The van der Waals surface area contributed by atoms with Crippen molar-refractivity contribution in [2.75, 3.05) is 0 Å². The highest BCUT2D eigenvalue weighted by molar-refractivity contribution is 6.18. The van der Waals surface area contributed by atoms with E-state index in [1.54, 1.807) is 0 Å². The van der Waals surface area contributed by atoms with Gasteiger partial charge in [0.05, 0.1) is 13.3 Å². The van der Waals surface area contributed by atoms with Gasteiger partial charge < -0.3 is 0 Å². The molecule has 2 radical (unpaired) electrons. The third-order valence-corrected chi connectivity index (χ3v) is 6.49.